The molecule has 3 saturated heterocycles. The molecule has 1 saturated carbocycles. The van der Waals surface area contributed by atoms with Crippen LogP contribution in [0.15, 0.2) is 90.1 Å². The summed E-state index contributed by atoms with van der Waals surface area (Å²) < 4.78 is 20.6. The van der Waals surface area contributed by atoms with Crippen LogP contribution >= 0.6 is 0 Å². The average molecular weight is 1110 g/mol. The number of benzene rings is 3. The molecular weight excluding hydrogens is 1030 g/mol. The first-order valence-corrected chi connectivity index (χ1v) is 29.1. The van der Waals surface area contributed by atoms with Gasteiger partial charge in [-0.2, -0.15) is 0 Å². The summed E-state index contributed by atoms with van der Waals surface area (Å²) >= 11 is 0. The van der Waals surface area contributed by atoms with E-state index in [1.807, 2.05) is 43.3 Å². The van der Waals surface area contributed by atoms with Crippen molar-refractivity contribution < 1.29 is 43.7 Å². The molecule has 2 unspecified atom stereocenters. The molecule has 18 heteroatoms. The number of piperazine rings is 1. The number of rotatable bonds is 16. The van der Waals surface area contributed by atoms with Crippen molar-refractivity contribution in [3.63, 3.8) is 0 Å². The van der Waals surface area contributed by atoms with E-state index in [9.17, 15) is 24.7 Å². The zero-order valence-corrected chi connectivity index (χ0v) is 48.8. The van der Waals surface area contributed by atoms with Crippen molar-refractivity contribution in [3.8, 4) is 16.9 Å². The number of aliphatic imine (C=N–C) groups is 1. The van der Waals surface area contributed by atoms with Crippen molar-refractivity contribution in [3.05, 3.63) is 112 Å². The number of carbonyl (C=O) groups excluding carboxylic acids is 3. The predicted molar refractivity (Wildman–Crippen MR) is 312 cm³/mol. The van der Waals surface area contributed by atoms with E-state index in [4.69, 9.17) is 19.2 Å². The van der Waals surface area contributed by atoms with Gasteiger partial charge in [-0.25, -0.2) is 5.43 Å². The largest absolute Gasteiger partial charge is 0.508 e. The molecular formula is C63H84N9O9+. The second-order valence-electron chi connectivity index (χ2n) is 25.2. The molecule has 10 atom stereocenters. The maximum absolute atomic E-state index is 15.1. The number of aromatic hydroxyl groups is 1. The highest BCUT2D eigenvalue weighted by Gasteiger charge is 2.54. The van der Waals surface area contributed by atoms with Crippen LogP contribution in [0, 0.1) is 33.5 Å². The number of ether oxygens (including phenoxy) is 3. The van der Waals surface area contributed by atoms with Gasteiger partial charge in [-0.3, -0.25) is 29.3 Å². The number of phenolic OH excluding ortho intramolecular Hbond substituents is 1. The second-order valence-corrected chi connectivity index (χ2v) is 25.2. The number of methoxy groups -OCH3 is 1. The smallest absolute Gasteiger partial charge is 0.346 e. The summed E-state index contributed by atoms with van der Waals surface area (Å²) in [5.41, 5.74) is 10.8. The third-order valence-electron chi connectivity index (χ3n) is 17.9. The Hall–Kier alpha value is -6.28. The van der Waals surface area contributed by atoms with Crippen molar-refractivity contribution in [2.24, 2.45) is 33.6 Å². The van der Waals surface area contributed by atoms with E-state index in [0.717, 1.165) is 89.3 Å². The SMILES string of the molecule is C=C[C@@H](C)[C@@H](C(=O)N[C@H]1Cc2cc(O)cc(c2)-c2ccc3c(c2)c(c(C2=C([C@H](C)OC)N=CC(N4CCN(CC(C)(C)CO)CC4)C2)n3CC)CC(C)(C)COC(=O)[C@H]2NN(CC3C[C@@H]32)C1=O)N(C)[N+](=O)[C@@H]1OC[C@@H]1c1ccccc1. The molecule has 5 aliphatic heterocycles. The number of nitrogens with zero attached hydrogens (tertiary/aromatic N) is 7. The number of hydrazine groups is 2. The maximum Gasteiger partial charge on any atom is 0.346 e. The van der Waals surface area contributed by atoms with Gasteiger partial charge in [-0.15, -0.1) is 11.6 Å². The highest BCUT2D eigenvalue weighted by atomic mass is 16.6. The molecule has 2 amide bonds. The number of carbonyl (C=O) groups is 3. The number of amides is 2. The molecule has 4 aromatic rings. The van der Waals surface area contributed by atoms with Crippen LogP contribution in [0.2, 0.25) is 0 Å². The molecule has 4 fully saturated rings. The lowest BCUT2D eigenvalue weighted by Crippen LogP contribution is -2.63. The van der Waals surface area contributed by atoms with Crippen LogP contribution < -0.4 is 10.7 Å². The molecule has 1 aliphatic carbocycles. The van der Waals surface area contributed by atoms with Gasteiger partial charge >= 0.3 is 12.2 Å². The van der Waals surface area contributed by atoms with Gasteiger partial charge in [0.15, 0.2) is 10.9 Å². The fourth-order valence-electron chi connectivity index (χ4n) is 13.1. The Balaban J connectivity index is 1.03. The number of nitroso groups, excluding NO2 is 1. The van der Waals surface area contributed by atoms with Crippen LogP contribution in [-0.2, 0) is 48.0 Å². The Labute approximate surface area is 476 Å². The molecule has 1 aromatic heterocycles. The van der Waals surface area contributed by atoms with Gasteiger partial charge in [-0.05, 0) is 97.0 Å². The molecule has 3 aromatic carbocycles. The number of fused-ring (bicyclic) bond motifs is 8. The van der Waals surface area contributed by atoms with E-state index in [1.165, 1.54) is 10.0 Å². The number of aromatic nitrogens is 1. The number of nitrogens with one attached hydrogen (secondary N) is 2. The van der Waals surface area contributed by atoms with Crippen molar-refractivity contribution in [2.75, 3.05) is 73.2 Å². The first kappa shape index (κ1) is 57.9. The summed E-state index contributed by atoms with van der Waals surface area (Å²) in [6, 6.07) is 18.2. The highest BCUT2D eigenvalue weighted by molar-refractivity contribution is 5.96. The highest BCUT2D eigenvalue weighted by Crippen LogP contribution is 2.46. The van der Waals surface area contributed by atoms with Crippen LogP contribution in [0.25, 0.3) is 27.6 Å². The number of likely N-dealkylation sites (N-methyl/N-ethyl adjacent to an activating group) is 1. The number of aliphatic hydroxyl groups is 1. The first-order valence-electron chi connectivity index (χ1n) is 29.1. The molecule has 6 aliphatic rings. The maximum atomic E-state index is 15.1. The summed E-state index contributed by atoms with van der Waals surface area (Å²) in [6.45, 7) is 24.4. The number of hydrogen-bond donors (Lipinski definition) is 4. The number of hydrogen-bond acceptors (Lipinski definition) is 13. The van der Waals surface area contributed by atoms with Crippen molar-refractivity contribution in [2.45, 2.75) is 123 Å². The molecule has 0 spiro atoms. The first-order chi connectivity index (χ1) is 38.7. The van der Waals surface area contributed by atoms with Crippen molar-refractivity contribution in [1.82, 2.24) is 35.1 Å². The average Bonchev–Trinajstić information content (AvgIpc) is 3.37. The van der Waals surface area contributed by atoms with Crippen molar-refractivity contribution in [1.29, 1.82) is 0 Å². The third kappa shape index (κ3) is 12.0. The van der Waals surface area contributed by atoms with E-state index in [1.54, 1.807) is 39.3 Å². The molecule has 6 bridgehead atoms. The Kier molecular flexibility index (Phi) is 16.8. The van der Waals surface area contributed by atoms with Crippen LogP contribution in [-0.4, -0.2) is 173 Å². The van der Waals surface area contributed by atoms with Gasteiger partial charge in [0.1, 0.15) is 23.8 Å². The van der Waals surface area contributed by atoms with E-state index < -0.39 is 53.5 Å². The normalized spacial score (nSPS) is 26.4. The van der Waals surface area contributed by atoms with E-state index >= 15 is 4.79 Å². The molecule has 10 rings (SSSR count). The zero-order chi connectivity index (χ0) is 57.7. The zero-order valence-electron chi connectivity index (χ0n) is 48.8. The Morgan fingerprint density at radius 3 is 2.49 bits per heavy atom. The number of aryl methyl sites for hydroxylation is 1. The van der Waals surface area contributed by atoms with Crippen molar-refractivity contribution >= 4 is 40.5 Å². The Morgan fingerprint density at radius 2 is 1.81 bits per heavy atom. The number of aliphatic hydroxyl groups excluding tert-OH is 1. The second kappa shape index (κ2) is 23.5. The molecule has 434 valence electrons. The Morgan fingerprint density at radius 1 is 1.06 bits per heavy atom. The number of phenols is 1. The minimum Gasteiger partial charge on any atom is -0.508 e. The molecule has 6 heterocycles. The summed E-state index contributed by atoms with van der Waals surface area (Å²) in [5.74, 6) is -2.26. The monoisotopic (exact) mass is 1110 g/mol. The molecule has 81 heavy (non-hydrogen) atoms. The van der Waals surface area contributed by atoms with Crippen LogP contribution in [0.1, 0.15) is 89.6 Å². The minimum atomic E-state index is -1.20. The summed E-state index contributed by atoms with van der Waals surface area (Å²) in [4.78, 5) is 69.7. The topological polar surface area (TPSA) is 194 Å². The van der Waals surface area contributed by atoms with E-state index in [0.29, 0.717) is 43.0 Å². The summed E-state index contributed by atoms with van der Waals surface area (Å²) in [7, 11) is 3.27. The van der Waals surface area contributed by atoms with Crippen LogP contribution in [0.4, 0.5) is 0 Å². The van der Waals surface area contributed by atoms with Gasteiger partial charge in [0, 0.05) is 111 Å². The lowest BCUT2D eigenvalue weighted by atomic mass is 9.83. The third-order valence-corrected chi connectivity index (χ3v) is 17.9. The fourth-order valence-corrected chi connectivity index (χ4v) is 13.1. The van der Waals surface area contributed by atoms with Gasteiger partial charge in [0.05, 0.1) is 42.7 Å². The summed E-state index contributed by atoms with van der Waals surface area (Å²) in [5, 5.41) is 28.5. The molecule has 18 nitrogen and oxygen atoms in total. The summed E-state index contributed by atoms with van der Waals surface area (Å²) in [6.07, 6.45) is 4.47. The van der Waals surface area contributed by atoms with Gasteiger partial charge in [0.2, 0.25) is 5.91 Å². The van der Waals surface area contributed by atoms with Gasteiger partial charge in [0.25, 0.3) is 5.91 Å². The van der Waals surface area contributed by atoms with Crippen LogP contribution in [0.3, 0.4) is 0 Å². The van der Waals surface area contributed by atoms with Gasteiger partial charge < -0.3 is 39.2 Å². The molecule has 4 N–H and O–H groups in total. The van der Waals surface area contributed by atoms with Gasteiger partial charge in [-0.1, -0.05) is 83.2 Å². The number of cyclic esters (lactones) is 1. The van der Waals surface area contributed by atoms with Crippen LogP contribution in [0.5, 0.6) is 5.75 Å². The molecule has 0 radical (unpaired) electrons. The van der Waals surface area contributed by atoms with E-state index in [2.05, 4.69) is 90.7 Å². The lowest BCUT2D eigenvalue weighted by molar-refractivity contribution is -0.780. The quantitative estimate of drug-likeness (QED) is 0.0401. The Bertz CT molecular complexity index is 3090. The predicted octanol–water partition coefficient (Wildman–Crippen LogP) is 6.72. The minimum absolute atomic E-state index is 0.0109. The number of esters is 1. The lowest BCUT2D eigenvalue weighted by Gasteiger charge is -2.41. The standard InChI is InChI=1S/C63H83N9O9/c1-11-38(3)56(67(9)72(78)60-51(34-80-60)41-16-14-13-15-17-41)58(75)65-52-26-40-24-43(27-46(74)25-40)42-18-19-53-48(28-42)50(31-62(5,6)37-81-61(77)55-47-29-44(47)33-71(66-55)59(52)76)57(70(53)12-2)49-30-45(32-64-54(49)39(4)79-10)69-22-20-68(21-23-69)35-63(7,8)36-73/h11,13-19,24-25,27-28,32,38-39,44-45,47,51-52,55-56,60,66,73H,1,12,20-23,26,29-31,33-37H2,2-10H3,(H-,65,74,75)/p+1/t38-,39+,44?,45?,47+,51-,52+,55+,56+,60-/m1/s1. The fraction of sp³-hybridized carbons (Fsp3) is 0.556. The van der Waals surface area contributed by atoms with E-state index in [-0.39, 0.29) is 60.7 Å².